The third kappa shape index (κ3) is 6.26. The van der Waals surface area contributed by atoms with Crippen LogP contribution in [0.3, 0.4) is 0 Å². The molecular weight excluding hydrogens is 402 g/mol. The monoisotopic (exact) mass is 439 g/mol. The van der Waals surface area contributed by atoms with Gasteiger partial charge in [0.15, 0.2) is 0 Å². The molecule has 31 heavy (non-hydrogen) atoms. The minimum absolute atomic E-state index is 0.620. The lowest BCUT2D eigenvalue weighted by atomic mass is 9.91. The number of hydrogen-bond acceptors (Lipinski definition) is 3. The maximum Gasteiger partial charge on any atom is 0.125 e. The van der Waals surface area contributed by atoms with Crippen molar-refractivity contribution >= 4 is 22.5 Å². The molecule has 3 aromatic rings. The maximum absolute atomic E-state index is 6.88. The Morgan fingerprint density at radius 3 is 2.19 bits per heavy atom. The van der Waals surface area contributed by atoms with E-state index in [2.05, 4.69) is 49.8 Å². The van der Waals surface area contributed by atoms with Gasteiger partial charge in [0.05, 0.1) is 22.4 Å². The average Bonchev–Trinajstić information content (AvgIpc) is 3.62. The fraction of sp³-hybridized carbons (Fsp3) is 0.519. The molecule has 1 saturated carbocycles. The molecule has 0 aliphatic heterocycles. The van der Waals surface area contributed by atoms with E-state index in [1.54, 1.807) is 0 Å². The molecule has 1 aromatic carbocycles. The van der Waals surface area contributed by atoms with E-state index in [0.717, 1.165) is 45.8 Å². The normalized spacial score (nSPS) is 12.6. The third-order valence-electron chi connectivity index (χ3n) is 5.43. The van der Waals surface area contributed by atoms with Crippen LogP contribution in [-0.4, -0.2) is 15.0 Å². The number of aryl methyl sites for hydroxylation is 3. The second-order valence-corrected chi connectivity index (χ2v) is 8.40. The number of aromatic nitrogens is 3. The quantitative estimate of drug-likeness (QED) is 0.399. The number of nitrogens with zero attached hydrogens (tertiary/aromatic N) is 3. The highest BCUT2D eigenvalue weighted by atomic mass is 35.5. The zero-order valence-electron chi connectivity index (χ0n) is 20.3. The molecule has 4 rings (SSSR count). The van der Waals surface area contributed by atoms with Crippen LogP contribution in [0.1, 0.15) is 95.2 Å². The van der Waals surface area contributed by atoms with Crippen LogP contribution in [0.4, 0.5) is 0 Å². The first-order valence-corrected chi connectivity index (χ1v) is 12.3. The van der Waals surface area contributed by atoms with Crippen LogP contribution in [-0.2, 0) is 6.42 Å². The van der Waals surface area contributed by atoms with Gasteiger partial charge in [-0.05, 0) is 61.8 Å². The summed E-state index contributed by atoms with van der Waals surface area (Å²) in [6.45, 7) is 14.7. The maximum atomic E-state index is 6.88. The van der Waals surface area contributed by atoms with Crippen molar-refractivity contribution in [2.45, 2.75) is 92.9 Å². The van der Waals surface area contributed by atoms with Crippen molar-refractivity contribution in [3.63, 3.8) is 0 Å². The first kappa shape index (κ1) is 25.3. The standard InChI is InChI=1S/C21H22ClN3.C4H10.C2H6/c1-4-5-15-8-12(2)19(14-6-7-14)20(21(15)22)17-9-16-10-23-13(3)25-18(16)11-24-17;1-3-4-2;1-2/h8-11,14H,4-7H2,1-3H3;3-4H2,1-2H3;1-2H3. The number of pyridine rings is 1. The van der Waals surface area contributed by atoms with Crippen molar-refractivity contribution in [1.82, 2.24) is 15.0 Å². The van der Waals surface area contributed by atoms with E-state index in [4.69, 9.17) is 16.6 Å². The van der Waals surface area contributed by atoms with Crippen LogP contribution in [0.2, 0.25) is 5.02 Å². The molecule has 0 radical (unpaired) electrons. The van der Waals surface area contributed by atoms with Crippen LogP contribution in [0.5, 0.6) is 0 Å². The number of rotatable bonds is 5. The van der Waals surface area contributed by atoms with Gasteiger partial charge in [-0.15, -0.1) is 0 Å². The van der Waals surface area contributed by atoms with Crippen LogP contribution in [0.15, 0.2) is 24.5 Å². The van der Waals surface area contributed by atoms with E-state index in [1.807, 2.05) is 33.2 Å². The lowest BCUT2D eigenvalue weighted by Gasteiger charge is -2.18. The molecule has 0 amide bonds. The molecule has 0 unspecified atom stereocenters. The van der Waals surface area contributed by atoms with Crippen molar-refractivity contribution in [3.8, 4) is 11.3 Å². The van der Waals surface area contributed by atoms with Crippen molar-refractivity contribution in [3.05, 3.63) is 52.1 Å². The smallest absolute Gasteiger partial charge is 0.125 e. The van der Waals surface area contributed by atoms with Crippen LogP contribution in [0.25, 0.3) is 22.2 Å². The molecule has 0 N–H and O–H groups in total. The average molecular weight is 440 g/mol. The Morgan fingerprint density at radius 1 is 0.935 bits per heavy atom. The van der Waals surface area contributed by atoms with Gasteiger partial charge in [-0.25, -0.2) is 9.97 Å². The Labute approximate surface area is 193 Å². The second kappa shape index (κ2) is 12.1. The summed E-state index contributed by atoms with van der Waals surface area (Å²) >= 11 is 6.88. The SMILES string of the molecule is CC.CCCC.CCCc1cc(C)c(C2CC2)c(-c2cc3cnc(C)nc3cn2)c1Cl. The molecule has 3 nitrogen and oxygen atoms in total. The Balaban J connectivity index is 0.000000513. The van der Waals surface area contributed by atoms with E-state index < -0.39 is 0 Å². The molecule has 1 fully saturated rings. The molecule has 1 aliphatic carbocycles. The molecule has 168 valence electrons. The highest BCUT2D eigenvalue weighted by molar-refractivity contribution is 6.34. The third-order valence-corrected chi connectivity index (χ3v) is 5.87. The molecule has 2 aromatic heterocycles. The number of fused-ring (bicyclic) bond motifs is 1. The Hall–Kier alpha value is -2.00. The second-order valence-electron chi connectivity index (χ2n) is 8.03. The minimum atomic E-state index is 0.620. The summed E-state index contributed by atoms with van der Waals surface area (Å²) < 4.78 is 0. The molecule has 0 bridgehead atoms. The number of unbranched alkanes of at least 4 members (excludes halogenated alkanes) is 1. The summed E-state index contributed by atoms with van der Waals surface area (Å²) in [4.78, 5) is 13.5. The number of benzene rings is 1. The minimum Gasteiger partial charge on any atom is -0.254 e. The Kier molecular flexibility index (Phi) is 9.90. The molecular formula is C27H38ClN3. The van der Waals surface area contributed by atoms with Gasteiger partial charge >= 0.3 is 0 Å². The summed E-state index contributed by atoms with van der Waals surface area (Å²) in [7, 11) is 0. The summed E-state index contributed by atoms with van der Waals surface area (Å²) in [5.74, 6) is 1.38. The Morgan fingerprint density at radius 2 is 1.61 bits per heavy atom. The van der Waals surface area contributed by atoms with Crippen LogP contribution in [0, 0.1) is 13.8 Å². The summed E-state index contributed by atoms with van der Waals surface area (Å²) in [5.41, 5.74) is 6.88. The lowest BCUT2D eigenvalue weighted by molar-refractivity contribution is 0.886. The highest BCUT2D eigenvalue weighted by Gasteiger charge is 2.30. The van der Waals surface area contributed by atoms with Crippen molar-refractivity contribution in [2.75, 3.05) is 0 Å². The fourth-order valence-corrected chi connectivity index (χ4v) is 3.99. The molecule has 1 aliphatic rings. The van der Waals surface area contributed by atoms with Gasteiger partial charge in [0.25, 0.3) is 0 Å². The first-order valence-electron chi connectivity index (χ1n) is 11.9. The predicted octanol–water partition coefficient (Wildman–Crippen LogP) is 8.62. The topological polar surface area (TPSA) is 38.7 Å². The van der Waals surface area contributed by atoms with E-state index in [1.165, 1.54) is 42.4 Å². The molecule has 0 atom stereocenters. The van der Waals surface area contributed by atoms with E-state index in [0.29, 0.717) is 5.92 Å². The predicted molar refractivity (Wildman–Crippen MR) is 135 cm³/mol. The number of hydrogen-bond donors (Lipinski definition) is 0. The van der Waals surface area contributed by atoms with Gasteiger partial charge in [0.1, 0.15) is 5.82 Å². The van der Waals surface area contributed by atoms with E-state index in [-0.39, 0.29) is 0 Å². The van der Waals surface area contributed by atoms with Gasteiger partial charge in [0.2, 0.25) is 0 Å². The van der Waals surface area contributed by atoms with Gasteiger partial charge in [0, 0.05) is 17.1 Å². The van der Waals surface area contributed by atoms with E-state index in [9.17, 15) is 0 Å². The van der Waals surface area contributed by atoms with E-state index >= 15 is 0 Å². The fourth-order valence-electron chi connectivity index (χ4n) is 3.64. The van der Waals surface area contributed by atoms with Crippen molar-refractivity contribution in [1.29, 1.82) is 0 Å². The van der Waals surface area contributed by atoms with Gasteiger partial charge < -0.3 is 0 Å². The van der Waals surface area contributed by atoms with Crippen LogP contribution < -0.4 is 0 Å². The summed E-state index contributed by atoms with van der Waals surface area (Å²) in [6, 6.07) is 4.35. The highest BCUT2D eigenvalue weighted by Crippen LogP contribution is 2.49. The largest absolute Gasteiger partial charge is 0.254 e. The molecule has 0 spiro atoms. The van der Waals surface area contributed by atoms with Crippen molar-refractivity contribution in [2.24, 2.45) is 0 Å². The first-order chi connectivity index (χ1) is 15.0. The van der Waals surface area contributed by atoms with Gasteiger partial charge in [-0.1, -0.05) is 71.5 Å². The molecule has 4 heteroatoms. The van der Waals surface area contributed by atoms with Crippen molar-refractivity contribution < 1.29 is 0 Å². The lowest BCUT2D eigenvalue weighted by Crippen LogP contribution is -2.00. The molecule has 0 saturated heterocycles. The van der Waals surface area contributed by atoms with Gasteiger partial charge in [-0.3, -0.25) is 4.98 Å². The molecule has 2 heterocycles. The summed E-state index contributed by atoms with van der Waals surface area (Å²) in [5, 5.41) is 1.88. The zero-order valence-corrected chi connectivity index (χ0v) is 21.1. The summed E-state index contributed by atoms with van der Waals surface area (Å²) in [6.07, 6.45) is 10.9. The zero-order chi connectivity index (χ0) is 23.0. The van der Waals surface area contributed by atoms with Crippen LogP contribution >= 0.6 is 11.6 Å². The number of halogens is 1. The Bertz CT molecular complexity index is 991. The van der Waals surface area contributed by atoms with Gasteiger partial charge in [-0.2, -0.15) is 0 Å².